The van der Waals surface area contributed by atoms with Crippen LogP contribution in [-0.4, -0.2) is 21.9 Å². The lowest BCUT2D eigenvalue weighted by molar-refractivity contribution is -0.273. The number of hydroxylamine groups is 2. The fraction of sp³-hybridized carbons (Fsp3) is 0.889. The molecule has 0 saturated carbocycles. The molecule has 1 aliphatic rings. The predicted octanol–water partition coefficient (Wildman–Crippen LogP) is 2.00. The molecular weight excluding hydrogens is 152 g/mol. The summed E-state index contributed by atoms with van der Waals surface area (Å²) in [5.74, 6) is 0. The number of nitrogens with zero attached hydrogens (tertiary/aromatic N) is 1. The summed E-state index contributed by atoms with van der Waals surface area (Å²) in [6.45, 7) is 7.59. The number of nitrogens with one attached hydrogen (secondary N) is 1. The molecule has 0 amide bonds. The van der Waals surface area contributed by atoms with Crippen molar-refractivity contribution in [1.29, 1.82) is 5.41 Å². The molecule has 0 aromatic rings. The quantitative estimate of drug-likeness (QED) is 0.592. The van der Waals surface area contributed by atoms with Gasteiger partial charge in [-0.25, -0.2) is 0 Å². The van der Waals surface area contributed by atoms with Gasteiger partial charge in [-0.2, -0.15) is 0 Å². The maximum absolute atomic E-state index is 11.7. The molecule has 1 saturated heterocycles. The molecule has 0 aliphatic carbocycles. The third-order valence-corrected chi connectivity index (χ3v) is 2.39. The maximum atomic E-state index is 11.7. The van der Waals surface area contributed by atoms with E-state index in [0.717, 1.165) is 5.06 Å². The van der Waals surface area contributed by atoms with Crippen LogP contribution in [0.5, 0.6) is 0 Å². The first kappa shape index (κ1) is 9.68. The maximum Gasteiger partial charge on any atom is 0.0495 e. The summed E-state index contributed by atoms with van der Waals surface area (Å²) < 4.78 is 0. The lowest BCUT2D eigenvalue weighted by Crippen LogP contribution is -2.58. The molecule has 0 aromatic heterocycles. The Labute approximate surface area is 73.8 Å². The Hall–Kier alpha value is -0.410. The molecule has 1 fully saturated rings. The number of hydrogen-bond acceptors (Lipinski definition) is 2. The third-order valence-electron chi connectivity index (χ3n) is 2.39. The van der Waals surface area contributed by atoms with Crippen molar-refractivity contribution in [2.45, 2.75) is 51.6 Å². The summed E-state index contributed by atoms with van der Waals surface area (Å²) in [5, 5.41) is 20.5. The van der Waals surface area contributed by atoms with Crippen LogP contribution in [0, 0.1) is 5.41 Å². The largest absolute Gasteiger partial charge is 0.310 e. The van der Waals surface area contributed by atoms with E-state index in [0.29, 0.717) is 18.6 Å². The second-order valence-electron chi connectivity index (χ2n) is 4.88. The normalized spacial score (nSPS) is 28.9. The van der Waals surface area contributed by atoms with Crippen LogP contribution in [0.2, 0.25) is 0 Å². The average Bonchev–Trinajstić information content (AvgIpc) is 1.80. The highest BCUT2D eigenvalue weighted by molar-refractivity contribution is 5.84. The monoisotopic (exact) mass is 169 g/mol. The summed E-state index contributed by atoms with van der Waals surface area (Å²) in [6.07, 6.45) is 1.19. The number of piperidine rings is 1. The number of rotatable bonds is 0. The Kier molecular flexibility index (Phi) is 2.05. The van der Waals surface area contributed by atoms with Crippen molar-refractivity contribution in [3.05, 3.63) is 0 Å². The van der Waals surface area contributed by atoms with Gasteiger partial charge in [-0.15, -0.1) is 10.3 Å². The van der Waals surface area contributed by atoms with Gasteiger partial charge >= 0.3 is 0 Å². The van der Waals surface area contributed by atoms with Gasteiger partial charge < -0.3 is 5.41 Å². The van der Waals surface area contributed by atoms with Crippen molar-refractivity contribution >= 4 is 5.71 Å². The van der Waals surface area contributed by atoms with E-state index >= 15 is 0 Å². The van der Waals surface area contributed by atoms with Gasteiger partial charge in [0, 0.05) is 29.6 Å². The van der Waals surface area contributed by atoms with E-state index in [2.05, 4.69) is 0 Å². The summed E-state index contributed by atoms with van der Waals surface area (Å²) in [5.41, 5.74) is -0.116. The van der Waals surface area contributed by atoms with Crippen molar-refractivity contribution < 1.29 is 5.21 Å². The Morgan fingerprint density at radius 1 is 1.17 bits per heavy atom. The fourth-order valence-electron chi connectivity index (χ4n) is 2.07. The average molecular weight is 169 g/mol. The van der Waals surface area contributed by atoms with E-state index < -0.39 is 11.1 Å². The molecule has 0 bridgehead atoms. The smallest absolute Gasteiger partial charge is 0.0495 e. The Bertz CT molecular complexity index is 189. The van der Waals surface area contributed by atoms with E-state index in [4.69, 9.17) is 5.41 Å². The molecule has 0 aromatic carbocycles. The minimum Gasteiger partial charge on any atom is -0.310 e. The highest BCUT2D eigenvalue weighted by Gasteiger charge is 2.44. The first-order valence-electron chi connectivity index (χ1n) is 4.29. The highest BCUT2D eigenvalue weighted by Crippen LogP contribution is 2.34. The van der Waals surface area contributed by atoms with Crippen molar-refractivity contribution in [2.75, 3.05) is 0 Å². The van der Waals surface area contributed by atoms with Gasteiger partial charge in [-0.05, 0) is 27.7 Å². The van der Waals surface area contributed by atoms with Crippen molar-refractivity contribution in [3.63, 3.8) is 0 Å². The second-order valence-corrected chi connectivity index (χ2v) is 4.88. The topological polar surface area (TPSA) is 47.0 Å². The van der Waals surface area contributed by atoms with Crippen LogP contribution in [0.4, 0.5) is 0 Å². The molecule has 1 radical (unpaired) electrons. The molecule has 69 valence electrons. The van der Waals surface area contributed by atoms with Crippen LogP contribution >= 0.6 is 0 Å². The lowest BCUT2D eigenvalue weighted by Gasteiger charge is -2.46. The van der Waals surface area contributed by atoms with E-state index in [-0.39, 0.29) is 0 Å². The molecule has 1 aliphatic heterocycles. The zero-order valence-corrected chi connectivity index (χ0v) is 8.27. The molecule has 1 rings (SSSR count). The minimum atomic E-state index is -0.404. The van der Waals surface area contributed by atoms with Gasteiger partial charge in [-0.1, -0.05) is 0 Å². The molecule has 0 spiro atoms. The molecular formula is C9H17N2O. The molecule has 0 atom stereocenters. The molecule has 0 unspecified atom stereocenters. The van der Waals surface area contributed by atoms with Crippen LogP contribution in [-0.2, 0) is 5.21 Å². The van der Waals surface area contributed by atoms with Gasteiger partial charge in [0.05, 0.1) is 0 Å². The van der Waals surface area contributed by atoms with Gasteiger partial charge in [0.2, 0.25) is 0 Å². The summed E-state index contributed by atoms with van der Waals surface area (Å²) in [4.78, 5) is 0. The van der Waals surface area contributed by atoms with E-state index in [1.165, 1.54) is 0 Å². The van der Waals surface area contributed by atoms with Crippen LogP contribution in [0.15, 0.2) is 0 Å². The zero-order chi connectivity index (χ0) is 9.57. The van der Waals surface area contributed by atoms with Crippen molar-refractivity contribution in [2.24, 2.45) is 0 Å². The summed E-state index contributed by atoms with van der Waals surface area (Å²) in [6, 6.07) is 0. The molecule has 12 heavy (non-hydrogen) atoms. The van der Waals surface area contributed by atoms with Crippen molar-refractivity contribution in [3.8, 4) is 0 Å². The van der Waals surface area contributed by atoms with Crippen LogP contribution in [0.1, 0.15) is 40.5 Å². The Morgan fingerprint density at radius 3 is 1.83 bits per heavy atom. The fourth-order valence-corrected chi connectivity index (χ4v) is 2.07. The third kappa shape index (κ3) is 1.52. The zero-order valence-electron chi connectivity index (χ0n) is 8.27. The standard InChI is InChI=1S/C9H17N2O/c1-8(2)5-7(10)6-9(3,4)11(8)12/h10H,5-6H2,1-4H3. The van der Waals surface area contributed by atoms with Crippen LogP contribution in [0.25, 0.3) is 0 Å². The van der Waals surface area contributed by atoms with E-state index in [9.17, 15) is 5.21 Å². The molecule has 1 heterocycles. The van der Waals surface area contributed by atoms with E-state index in [1.807, 2.05) is 27.7 Å². The SMILES string of the molecule is CC1(C)CC(=N)CC(C)(C)N1[O]. The lowest BCUT2D eigenvalue weighted by atomic mass is 9.81. The first-order chi connectivity index (χ1) is 5.26. The van der Waals surface area contributed by atoms with Crippen LogP contribution < -0.4 is 0 Å². The van der Waals surface area contributed by atoms with Crippen molar-refractivity contribution in [1.82, 2.24) is 5.06 Å². The molecule has 3 nitrogen and oxygen atoms in total. The molecule has 1 N–H and O–H groups in total. The van der Waals surface area contributed by atoms with Gasteiger partial charge in [0.15, 0.2) is 0 Å². The Morgan fingerprint density at radius 2 is 1.50 bits per heavy atom. The van der Waals surface area contributed by atoms with Gasteiger partial charge in [-0.3, -0.25) is 0 Å². The molecule has 3 heteroatoms. The van der Waals surface area contributed by atoms with Gasteiger partial charge in [0.1, 0.15) is 0 Å². The minimum absolute atomic E-state index is 0.404. The summed E-state index contributed by atoms with van der Waals surface area (Å²) >= 11 is 0. The predicted molar refractivity (Wildman–Crippen MR) is 47.6 cm³/mol. The second kappa shape index (κ2) is 2.54. The first-order valence-corrected chi connectivity index (χ1v) is 4.29. The van der Waals surface area contributed by atoms with Gasteiger partial charge in [0.25, 0.3) is 0 Å². The Balaban J connectivity index is 2.91. The highest BCUT2D eigenvalue weighted by atomic mass is 16.5. The summed E-state index contributed by atoms with van der Waals surface area (Å²) in [7, 11) is 0. The number of hydrogen-bond donors (Lipinski definition) is 1. The van der Waals surface area contributed by atoms with E-state index in [1.54, 1.807) is 0 Å². The van der Waals surface area contributed by atoms with Crippen LogP contribution in [0.3, 0.4) is 0 Å².